The van der Waals surface area contributed by atoms with Gasteiger partial charge in [-0.3, -0.25) is 9.59 Å². The van der Waals surface area contributed by atoms with Gasteiger partial charge in [0.25, 0.3) is 11.7 Å². The molecule has 0 bridgehead atoms. The smallest absolute Gasteiger partial charge is 0.295 e. The lowest BCUT2D eigenvalue weighted by molar-refractivity contribution is -0.140. The van der Waals surface area contributed by atoms with Crippen molar-refractivity contribution in [3.05, 3.63) is 99.6 Å². The monoisotopic (exact) mass is 533 g/mol. The molecule has 4 rings (SSSR count). The Hall–Kier alpha value is -3.77. The zero-order valence-electron chi connectivity index (χ0n) is 22.2. The highest BCUT2D eigenvalue weighted by Gasteiger charge is 2.46. The first-order valence-corrected chi connectivity index (χ1v) is 12.9. The molecule has 198 valence electrons. The number of aryl methyl sites for hydroxylation is 1. The number of aliphatic hydroxyl groups is 1. The number of carbonyl (C=O) groups is 2. The Morgan fingerprint density at radius 2 is 1.74 bits per heavy atom. The van der Waals surface area contributed by atoms with Gasteiger partial charge in [-0.15, -0.1) is 0 Å². The molecule has 0 aromatic heterocycles. The normalized spacial score (nSPS) is 17.1. The number of ether oxygens (including phenoxy) is 2. The number of amides is 1. The molecular formula is C31H32ClNO5. The number of aliphatic hydroxyl groups excluding tert-OH is 1. The molecule has 1 amide bonds. The van der Waals surface area contributed by atoms with E-state index in [4.69, 9.17) is 21.1 Å². The van der Waals surface area contributed by atoms with E-state index < -0.39 is 23.3 Å². The summed E-state index contributed by atoms with van der Waals surface area (Å²) in [6.45, 7) is 10.1. The van der Waals surface area contributed by atoms with Gasteiger partial charge in [0, 0.05) is 11.1 Å². The van der Waals surface area contributed by atoms with E-state index in [2.05, 4.69) is 0 Å². The van der Waals surface area contributed by atoms with E-state index in [9.17, 15) is 14.7 Å². The maximum absolute atomic E-state index is 13.5. The average molecular weight is 534 g/mol. The number of halogens is 1. The number of para-hydroxylation sites is 1. The molecule has 1 atom stereocenters. The molecule has 7 heteroatoms. The number of ketones is 1. The minimum Gasteiger partial charge on any atom is -0.507 e. The van der Waals surface area contributed by atoms with Crippen molar-refractivity contribution in [2.75, 3.05) is 6.61 Å². The Morgan fingerprint density at radius 1 is 1.00 bits per heavy atom. The number of likely N-dealkylation sites (tertiary alicyclic amines) is 1. The lowest BCUT2D eigenvalue weighted by Gasteiger charge is -2.28. The second kappa shape index (κ2) is 10.9. The van der Waals surface area contributed by atoms with Crippen molar-refractivity contribution in [1.29, 1.82) is 0 Å². The first kappa shape index (κ1) is 27.3. The third kappa shape index (κ3) is 5.70. The molecule has 0 aliphatic carbocycles. The van der Waals surface area contributed by atoms with Crippen LogP contribution in [0.3, 0.4) is 0 Å². The van der Waals surface area contributed by atoms with Crippen LogP contribution in [0.5, 0.6) is 11.5 Å². The maximum Gasteiger partial charge on any atom is 0.295 e. The number of hydrogen-bond donors (Lipinski definition) is 1. The summed E-state index contributed by atoms with van der Waals surface area (Å²) in [5.74, 6) is -0.718. The van der Waals surface area contributed by atoms with Gasteiger partial charge in [0.05, 0.1) is 29.8 Å². The van der Waals surface area contributed by atoms with Crippen LogP contribution >= 0.6 is 11.6 Å². The Kier molecular flexibility index (Phi) is 7.83. The Morgan fingerprint density at radius 3 is 2.42 bits per heavy atom. The van der Waals surface area contributed by atoms with Crippen LogP contribution in [-0.4, -0.2) is 33.9 Å². The van der Waals surface area contributed by atoms with Crippen LogP contribution in [0.2, 0.25) is 5.02 Å². The summed E-state index contributed by atoms with van der Waals surface area (Å²) in [7, 11) is 0. The summed E-state index contributed by atoms with van der Waals surface area (Å²) < 4.78 is 11.7. The molecule has 6 nitrogen and oxygen atoms in total. The van der Waals surface area contributed by atoms with Gasteiger partial charge in [0.2, 0.25) is 0 Å². The molecule has 1 aliphatic rings. The van der Waals surface area contributed by atoms with Gasteiger partial charge in [-0.2, -0.15) is 0 Å². The number of rotatable bonds is 7. The van der Waals surface area contributed by atoms with Crippen LogP contribution < -0.4 is 9.47 Å². The van der Waals surface area contributed by atoms with Crippen molar-refractivity contribution in [2.24, 2.45) is 0 Å². The lowest BCUT2D eigenvalue weighted by atomic mass is 9.94. The molecule has 3 aromatic rings. The standard InChI is InChI=1S/C31H32ClNO5/c1-6-37-25-17-21(14-15-23(25)32)28(34)26-27(20-12-9-10-19(2)16-20)33(30(36)29(26)35)18-22-11-7-8-13-24(22)38-31(3,4)5/h7-17,27,34H,6,18H2,1-5H3/b28-26-. The summed E-state index contributed by atoms with van der Waals surface area (Å²) in [4.78, 5) is 28.5. The quantitative estimate of drug-likeness (QED) is 0.204. The van der Waals surface area contributed by atoms with Crippen LogP contribution in [0.15, 0.2) is 72.3 Å². The van der Waals surface area contributed by atoms with Crippen LogP contribution in [-0.2, 0) is 16.1 Å². The molecule has 0 radical (unpaired) electrons. The Balaban J connectivity index is 1.86. The van der Waals surface area contributed by atoms with E-state index in [0.29, 0.717) is 28.7 Å². The zero-order valence-corrected chi connectivity index (χ0v) is 23.0. The van der Waals surface area contributed by atoms with E-state index in [-0.39, 0.29) is 17.9 Å². The van der Waals surface area contributed by atoms with Crippen LogP contribution in [0.1, 0.15) is 56.0 Å². The number of benzene rings is 3. The number of nitrogens with zero attached hydrogens (tertiary/aromatic N) is 1. The summed E-state index contributed by atoms with van der Waals surface area (Å²) >= 11 is 6.24. The topological polar surface area (TPSA) is 76.1 Å². The first-order chi connectivity index (χ1) is 18.0. The SMILES string of the molecule is CCOc1cc(/C(O)=C2/C(=O)C(=O)N(Cc3ccccc3OC(C)(C)C)C2c2cccc(C)c2)ccc1Cl. The summed E-state index contributed by atoms with van der Waals surface area (Å²) in [5, 5.41) is 11.8. The van der Waals surface area contributed by atoms with Crippen molar-refractivity contribution < 1.29 is 24.2 Å². The van der Waals surface area contributed by atoms with Crippen molar-refractivity contribution in [2.45, 2.75) is 52.8 Å². The minimum atomic E-state index is -0.802. The molecular weight excluding hydrogens is 502 g/mol. The van der Waals surface area contributed by atoms with Crippen molar-refractivity contribution in [3.63, 3.8) is 0 Å². The van der Waals surface area contributed by atoms with E-state index >= 15 is 0 Å². The maximum atomic E-state index is 13.5. The van der Waals surface area contributed by atoms with Crippen LogP contribution in [0.4, 0.5) is 0 Å². The number of carbonyl (C=O) groups excluding carboxylic acids is 2. The van der Waals surface area contributed by atoms with Crippen molar-refractivity contribution in [3.8, 4) is 11.5 Å². The van der Waals surface area contributed by atoms with E-state index in [1.807, 2.05) is 83.1 Å². The highest BCUT2D eigenvalue weighted by Crippen LogP contribution is 2.42. The fraction of sp³-hybridized carbons (Fsp3) is 0.290. The van der Waals surface area contributed by atoms with Gasteiger partial charge in [-0.25, -0.2) is 0 Å². The van der Waals surface area contributed by atoms with E-state index in [0.717, 1.165) is 16.7 Å². The second-order valence-corrected chi connectivity index (χ2v) is 10.6. The first-order valence-electron chi connectivity index (χ1n) is 12.5. The third-order valence-corrected chi connectivity index (χ3v) is 6.44. The van der Waals surface area contributed by atoms with Gasteiger partial charge < -0.3 is 19.5 Å². The molecule has 3 aromatic carbocycles. The molecule has 38 heavy (non-hydrogen) atoms. The van der Waals surface area contributed by atoms with Crippen molar-refractivity contribution in [1.82, 2.24) is 4.90 Å². The highest BCUT2D eigenvalue weighted by molar-refractivity contribution is 6.46. The molecule has 1 N–H and O–H groups in total. The van der Waals surface area contributed by atoms with Gasteiger partial charge in [-0.05, 0) is 64.4 Å². The molecule has 1 aliphatic heterocycles. The summed E-state index contributed by atoms with van der Waals surface area (Å²) in [5.41, 5.74) is 2.35. The lowest BCUT2D eigenvalue weighted by Crippen LogP contribution is -2.30. The highest BCUT2D eigenvalue weighted by atomic mass is 35.5. The van der Waals surface area contributed by atoms with Gasteiger partial charge in [-0.1, -0.05) is 59.6 Å². The van der Waals surface area contributed by atoms with E-state index in [1.165, 1.54) is 4.90 Å². The average Bonchev–Trinajstić information content (AvgIpc) is 3.10. The second-order valence-electron chi connectivity index (χ2n) is 10.2. The minimum absolute atomic E-state index is 0.0135. The van der Waals surface area contributed by atoms with E-state index in [1.54, 1.807) is 18.2 Å². The predicted octanol–water partition coefficient (Wildman–Crippen LogP) is 6.85. The molecule has 0 saturated carbocycles. The fourth-order valence-electron chi connectivity index (χ4n) is 4.55. The molecule has 1 unspecified atom stereocenters. The molecule has 1 heterocycles. The third-order valence-electron chi connectivity index (χ3n) is 6.13. The fourth-order valence-corrected chi connectivity index (χ4v) is 4.72. The number of hydrogen-bond acceptors (Lipinski definition) is 5. The zero-order chi connectivity index (χ0) is 27.6. The summed E-state index contributed by atoms with van der Waals surface area (Å²) in [6, 6.07) is 19.0. The Bertz CT molecular complexity index is 1410. The van der Waals surface area contributed by atoms with Gasteiger partial charge in [0.1, 0.15) is 22.9 Å². The van der Waals surface area contributed by atoms with Crippen LogP contribution in [0.25, 0.3) is 5.76 Å². The van der Waals surface area contributed by atoms with Crippen molar-refractivity contribution >= 4 is 29.1 Å². The Labute approximate surface area is 228 Å². The molecule has 0 spiro atoms. The molecule has 1 saturated heterocycles. The van der Waals surface area contributed by atoms with Gasteiger partial charge >= 0.3 is 0 Å². The van der Waals surface area contributed by atoms with Gasteiger partial charge in [0.15, 0.2) is 0 Å². The summed E-state index contributed by atoms with van der Waals surface area (Å²) in [6.07, 6.45) is 0. The molecule has 1 fully saturated rings. The van der Waals surface area contributed by atoms with Crippen LogP contribution in [0, 0.1) is 6.92 Å². The number of Topliss-reactive ketones (excluding diaryl/α,β-unsaturated/α-hetero) is 1. The largest absolute Gasteiger partial charge is 0.507 e. The predicted molar refractivity (Wildman–Crippen MR) is 148 cm³/mol.